The standard InChI is InChI=1S/C26H27N3O2S/c1-17-7-6-12-28(16-17)26(31)25-21-14-24(19-8-5-11-27-15-19)32-23-10-4-3-9-20(23)29(21)18(2)13-22(25)30/h3-5,8-11,13,15,17,24H,6-7,12,14,16H2,1-2H3. The van der Waals surface area contributed by atoms with Crippen LogP contribution in [0.25, 0.3) is 5.69 Å². The van der Waals surface area contributed by atoms with Crippen molar-refractivity contribution in [1.82, 2.24) is 14.5 Å². The van der Waals surface area contributed by atoms with E-state index in [4.69, 9.17) is 0 Å². The van der Waals surface area contributed by atoms with Gasteiger partial charge in [-0.3, -0.25) is 14.6 Å². The zero-order chi connectivity index (χ0) is 22.2. The number of likely N-dealkylation sites (tertiary alicyclic amines) is 1. The van der Waals surface area contributed by atoms with Gasteiger partial charge in [0.05, 0.1) is 5.69 Å². The first-order chi connectivity index (χ1) is 15.5. The summed E-state index contributed by atoms with van der Waals surface area (Å²) >= 11 is 1.77. The van der Waals surface area contributed by atoms with Crippen LogP contribution < -0.4 is 5.43 Å². The van der Waals surface area contributed by atoms with Crippen LogP contribution in [0.3, 0.4) is 0 Å². The number of nitrogens with zero attached hydrogens (tertiary/aromatic N) is 3. The van der Waals surface area contributed by atoms with Gasteiger partial charge in [0, 0.05) is 59.5 Å². The third-order valence-corrected chi connectivity index (χ3v) is 7.79. The molecule has 2 aromatic heterocycles. The molecular formula is C26H27N3O2S. The number of aryl methyl sites for hydroxylation is 1. The number of pyridine rings is 2. The lowest BCUT2D eigenvalue weighted by Crippen LogP contribution is -2.42. The second-order valence-corrected chi connectivity index (χ2v) is 10.1. The van der Waals surface area contributed by atoms with Crippen molar-refractivity contribution < 1.29 is 4.79 Å². The lowest BCUT2D eigenvalue weighted by Gasteiger charge is -2.32. The molecule has 2 unspecified atom stereocenters. The van der Waals surface area contributed by atoms with Gasteiger partial charge in [-0.25, -0.2) is 0 Å². The minimum Gasteiger partial charge on any atom is -0.338 e. The Morgan fingerprint density at radius 2 is 2.03 bits per heavy atom. The Hall–Kier alpha value is -2.86. The maximum absolute atomic E-state index is 13.7. The van der Waals surface area contributed by atoms with Crippen molar-refractivity contribution in [2.75, 3.05) is 13.1 Å². The van der Waals surface area contributed by atoms with Crippen molar-refractivity contribution in [3.05, 3.63) is 87.6 Å². The van der Waals surface area contributed by atoms with Gasteiger partial charge in [-0.1, -0.05) is 25.1 Å². The maximum atomic E-state index is 13.7. The van der Waals surface area contributed by atoms with E-state index >= 15 is 0 Å². The fourth-order valence-corrected chi connectivity index (χ4v) is 6.21. The normalized spacial score (nSPS) is 20.2. The predicted octanol–water partition coefficient (Wildman–Crippen LogP) is 4.80. The van der Waals surface area contributed by atoms with E-state index in [0.29, 0.717) is 31.0 Å². The molecule has 4 heterocycles. The molecule has 0 radical (unpaired) electrons. The largest absolute Gasteiger partial charge is 0.338 e. The van der Waals surface area contributed by atoms with Crippen molar-refractivity contribution >= 4 is 17.7 Å². The molecule has 0 aliphatic carbocycles. The first-order valence-electron chi connectivity index (χ1n) is 11.2. The zero-order valence-electron chi connectivity index (χ0n) is 18.5. The average molecular weight is 446 g/mol. The molecular weight excluding hydrogens is 418 g/mol. The average Bonchev–Trinajstić information content (AvgIpc) is 2.97. The summed E-state index contributed by atoms with van der Waals surface area (Å²) in [5.41, 5.74) is 3.94. The van der Waals surface area contributed by atoms with E-state index in [-0.39, 0.29) is 16.6 Å². The molecule has 164 valence electrons. The molecule has 32 heavy (non-hydrogen) atoms. The third kappa shape index (κ3) is 3.77. The molecule has 0 saturated carbocycles. The van der Waals surface area contributed by atoms with E-state index in [1.807, 2.05) is 36.2 Å². The van der Waals surface area contributed by atoms with Crippen LogP contribution in [-0.4, -0.2) is 33.4 Å². The fraction of sp³-hybridized carbons (Fsp3) is 0.346. The fourth-order valence-electron chi connectivity index (χ4n) is 4.95. The van der Waals surface area contributed by atoms with Crippen LogP contribution in [0.5, 0.6) is 0 Å². The van der Waals surface area contributed by atoms with Gasteiger partial charge in [-0.15, -0.1) is 11.8 Å². The van der Waals surface area contributed by atoms with Gasteiger partial charge in [-0.05, 0) is 49.4 Å². The number of hydrogen-bond acceptors (Lipinski definition) is 4. The lowest BCUT2D eigenvalue weighted by molar-refractivity contribution is 0.0679. The number of benzene rings is 1. The summed E-state index contributed by atoms with van der Waals surface area (Å²) in [7, 11) is 0. The maximum Gasteiger partial charge on any atom is 0.259 e. The highest BCUT2D eigenvalue weighted by Crippen LogP contribution is 2.44. The summed E-state index contributed by atoms with van der Waals surface area (Å²) in [5.74, 6) is 0.332. The number of carbonyl (C=O) groups excluding carboxylic acids is 1. The van der Waals surface area contributed by atoms with E-state index in [1.165, 1.54) is 0 Å². The Kier molecular flexibility index (Phi) is 5.64. The lowest BCUT2D eigenvalue weighted by atomic mass is 9.97. The number of amides is 1. The molecule has 0 N–H and O–H groups in total. The monoisotopic (exact) mass is 445 g/mol. The van der Waals surface area contributed by atoms with E-state index in [2.05, 4.69) is 34.7 Å². The predicted molar refractivity (Wildman–Crippen MR) is 128 cm³/mol. The minimum atomic E-state index is -0.175. The highest BCUT2D eigenvalue weighted by atomic mass is 32.2. The number of carbonyl (C=O) groups is 1. The molecule has 1 aromatic carbocycles. The summed E-state index contributed by atoms with van der Waals surface area (Å²) in [6, 6.07) is 13.9. The third-order valence-electron chi connectivity index (χ3n) is 6.47. The summed E-state index contributed by atoms with van der Waals surface area (Å²) in [6.07, 6.45) is 6.36. The summed E-state index contributed by atoms with van der Waals surface area (Å²) in [4.78, 5) is 34.3. The van der Waals surface area contributed by atoms with Gasteiger partial charge in [0.1, 0.15) is 5.56 Å². The number of thioether (sulfide) groups is 1. The SMILES string of the molecule is Cc1cc(=O)c(C(=O)N2CCCC(C)C2)c2n1-c1ccccc1SC(c1cccnc1)C2. The molecule has 5 rings (SSSR count). The Labute approximate surface area is 192 Å². The number of piperidine rings is 1. The van der Waals surface area contributed by atoms with Gasteiger partial charge in [0.15, 0.2) is 5.43 Å². The Morgan fingerprint density at radius 3 is 2.81 bits per heavy atom. The molecule has 5 nitrogen and oxygen atoms in total. The van der Waals surface area contributed by atoms with Crippen molar-refractivity contribution in [2.45, 2.75) is 43.3 Å². The van der Waals surface area contributed by atoms with E-state index in [9.17, 15) is 9.59 Å². The first-order valence-corrected chi connectivity index (χ1v) is 12.1. The van der Waals surface area contributed by atoms with Crippen LogP contribution in [-0.2, 0) is 6.42 Å². The van der Waals surface area contributed by atoms with Crippen LogP contribution >= 0.6 is 11.8 Å². The van der Waals surface area contributed by atoms with Crippen LogP contribution in [0.4, 0.5) is 0 Å². The molecule has 1 amide bonds. The summed E-state index contributed by atoms with van der Waals surface area (Å²) < 4.78 is 2.13. The Balaban J connectivity index is 1.71. The number of aromatic nitrogens is 2. The van der Waals surface area contributed by atoms with Crippen molar-refractivity contribution in [3.8, 4) is 5.69 Å². The number of rotatable bonds is 2. The Bertz CT molecular complexity index is 1220. The second kappa shape index (κ2) is 8.58. The molecule has 1 saturated heterocycles. The van der Waals surface area contributed by atoms with Gasteiger partial charge in [-0.2, -0.15) is 0 Å². The van der Waals surface area contributed by atoms with Crippen LogP contribution in [0.1, 0.15) is 52.3 Å². The first kappa shape index (κ1) is 21.0. The quantitative estimate of drug-likeness (QED) is 0.568. The van der Waals surface area contributed by atoms with Gasteiger partial charge in [0.2, 0.25) is 0 Å². The number of para-hydroxylation sites is 1. The van der Waals surface area contributed by atoms with Crippen LogP contribution in [0.2, 0.25) is 0 Å². The molecule has 2 aliphatic heterocycles. The second-order valence-electron chi connectivity index (χ2n) is 8.87. The molecule has 2 aliphatic rings. The number of fused-ring (bicyclic) bond motifs is 3. The topological polar surface area (TPSA) is 55.2 Å². The van der Waals surface area contributed by atoms with E-state index < -0.39 is 0 Å². The Morgan fingerprint density at radius 1 is 1.19 bits per heavy atom. The van der Waals surface area contributed by atoms with Crippen molar-refractivity contribution in [2.24, 2.45) is 5.92 Å². The zero-order valence-corrected chi connectivity index (χ0v) is 19.3. The van der Waals surface area contributed by atoms with Gasteiger partial charge >= 0.3 is 0 Å². The molecule has 1 fully saturated rings. The van der Waals surface area contributed by atoms with Crippen LogP contribution in [0, 0.1) is 12.8 Å². The molecule has 2 atom stereocenters. The van der Waals surface area contributed by atoms with Crippen molar-refractivity contribution in [3.63, 3.8) is 0 Å². The summed E-state index contributed by atoms with van der Waals surface area (Å²) in [6.45, 7) is 5.55. The molecule has 6 heteroatoms. The summed E-state index contributed by atoms with van der Waals surface area (Å²) in [5, 5.41) is 0.0617. The highest BCUT2D eigenvalue weighted by molar-refractivity contribution is 7.99. The smallest absolute Gasteiger partial charge is 0.259 e. The molecule has 0 bridgehead atoms. The van der Waals surface area contributed by atoms with Crippen molar-refractivity contribution in [1.29, 1.82) is 0 Å². The molecule has 0 spiro atoms. The number of hydrogen-bond donors (Lipinski definition) is 0. The van der Waals surface area contributed by atoms with Crippen LogP contribution in [0.15, 0.2) is 64.5 Å². The minimum absolute atomic E-state index is 0.0617. The molecule has 3 aromatic rings. The van der Waals surface area contributed by atoms with Gasteiger partial charge in [0.25, 0.3) is 5.91 Å². The highest BCUT2D eigenvalue weighted by Gasteiger charge is 2.32. The van der Waals surface area contributed by atoms with E-state index in [0.717, 1.165) is 40.4 Å². The van der Waals surface area contributed by atoms with E-state index in [1.54, 1.807) is 24.0 Å². The van der Waals surface area contributed by atoms with Gasteiger partial charge < -0.3 is 9.47 Å².